The van der Waals surface area contributed by atoms with Gasteiger partial charge in [-0.05, 0) is 25.2 Å². The van der Waals surface area contributed by atoms with Crippen LogP contribution in [0.3, 0.4) is 0 Å². The zero-order valence-corrected chi connectivity index (χ0v) is 12.5. The van der Waals surface area contributed by atoms with Crippen molar-refractivity contribution in [3.8, 4) is 0 Å². The monoisotopic (exact) mass is 282 g/mol. The Kier molecular flexibility index (Phi) is 5.34. The van der Waals surface area contributed by atoms with E-state index in [0.717, 1.165) is 36.4 Å². The summed E-state index contributed by atoms with van der Waals surface area (Å²) in [6.45, 7) is 5.63. The summed E-state index contributed by atoms with van der Waals surface area (Å²) < 4.78 is 5.45. The molecule has 2 heterocycles. The number of hydrogen-bond donors (Lipinski definition) is 1. The summed E-state index contributed by atoms with van der Waals surface area (Å²) in [5.41, 5.74) is 1.14. The maximum Gasteiger partial charge on any atom is 0.249 e. The van der Waals surface area contributed by atoms with Crippen molar-refractivity contribution >= 4 is 17.2 Å². The van der Waals surface area contributed by atoms with E-state index in [4.69, 9.17) is 4.74 Å². The molecule has 5 heteroatoms. The molecule has 1 saturated heterocycles. The van der Waals surface area contributed by atoms with E-state index < -0.39 is 0 Å². The molecule has 1 amide bonds. The SMILES string of the molecule is CC(C)c1csc(CCNC(=O)C2CCCCO2)n1. The number of rotatable bonds is 5. The Hall–Kier alpha value is -0.940. The Morgan fingerprint density at radius 2 is 2.42 bits per heavy atom. The van der Waals surface area contributed by atoms with E-state index in [1.807, 2.05) is 0 Å². The van der Waals surface area contributed by atoms with Gasteiger partial charge >= 0.3 is 0 Å². The van der Waals surface area contributed by atoms with Crippen LogP contribution in [0.25, 0.3) is 0 Å². The van der Waals surface area contributed by atoms with Gasteiger partial charge in [-0.25, -0.2) is 4.98 Å². The summed E-state index contributed by atoms with van der Waals surface area (Å²) in [5.74, 6) is 0.496. The summed E-state index contributed by atoms with van der Waals surface area (Å²) >= 11 is 1.67. The van der Waals surface area contributed by atoms with Crippen LogP contribution in [0.4, 0.5) is 0 Å². The smallest absolute Gasteiger partial charge is 0.249 e. The molecule has 1 fully saturated rings. The van der Waals surface area contributed by atoms with E-state index in [1.165, 1.54) is 0 Å². The second kappa shape index (κ2) is 7.01. The fraction of sp³-hybridized carbons (Fsp3) is 0.714. The lowest BCUT2D eigenvalue weighted by molar-refractivity contribution is -0.135. The van der Waals surface area contributed by atoms with Gasteiger partial charge in [-0.15, -0.1) is 11.3 Å². The summed E-state index contributed by atoms with van der Waals surface area (Å²) in [7, 11) is 0. The molecular formula is C14H22N2O2S. The van der Waals surface area contributed by atoms with Crippen molar-refractivity contribution in [2.75, 3.05) is 13.2 Å². The second-order valence-corrected chi connectivity index (χ2v) is 6.16. The largest absolute Gasteiger partial charge is 0.368 e. The standard InChI is InChI=1S/C14H22N2O2S/c1-10(2)11-9-19-13(16-11)6-7-15-14(17)12-5-3-4-8-18-12/h9-10,12H,3-8H2,1-2H3,(H,15,17). The van der Waals surface area contributed by atoms with Crippen molar-refractivity contribution in [1.29, 1.82) is 0 Å². The van der Waals surface area contributed by atoms with Gasteiger partial charge in [0, 0.05) is 25.0 Å². The third-order valence-electron chi connectivity index (χ3n) is 3.27. The van der Waals surface area contributed by atoms with Crippen molar-refractivity contribution in [3.63, 3.8) is 0 Å². The van der Waals surface area contributed by atoms with E-state index in [9.17, 15) is 4.79 Å². The molecule has 1 aliphatic heterocycles. The first-order valence-electron chi connectivity index (χ1n) is 7.00. The average Bonchev–Trinajstić information content (AvgIpc) is 2.89. The lowest BCUT2D eigenvalue weighted by Crippen LogP contribution is -2.39. The van der Waals surface area contributed by atoms with Crippen LogP contribution in [0.2, 0.25) is 0 Å². The van der Waals surface area contributed by atoms with Gasteiger partial charge in [0.25, 0.3) is 0 Å². The number of carbonyl (C=O) groups is 1. The van der Waals surface area contributed by atoms with Gasteiger partial charge in [-0.1, -0.05) is 13.8 Å². The van der Waals surface area contributed by atoms with Crippen molar-refractivity contribution in [2.45, 2.75) is 51.6 Å². The molecule has 1 atom stereocenters. The Bertz CT molecular complexity index is 411. The zero-order valence-electron chi connectivity index (χ0n) is 11.6. The first kappa shape index (κ1) is 14.5. The summed E-state index contributed by atoms with van der Waals surface area (Å²) in [6.07, 6.45) is 3.57. The molecule has 0 spiro atoms. The maximum atomic E-state index is 11.8. The number of aromatic nitrogens is 1. The molecule has 2 rings (SSSR count). The number of carbonyl (C=O) groups excluding carboxylic acids is 1. The van der Waals surface area contributed by atoms with Crippen LogP contribution in [-0.4, -0.2) is 30.1 Å². The van der Waals surface area contributed by atoms with E-state index in [-0.39, 0.29) is 12.0 Å². The van der Waals surface area contributed by atoms with Gasteiger partial charge < -0.3 is 10.1 Å². The minimum atomic E-state index is -0.240. The van der Waals surface area contributed by atoms with Gasteiger partial charge in [-0.2, -0.15) is 0 Å². The molecule has 0 bridgehead atoms. The van der Waals surface area contributed by atoms with Gasteiger partial charge in [0.15, 0.2) is 0 Å². The molecule has 0 aliphatic carbocycles. The molecule has 1 aromatic heterocycles. The first-order chi connectivity index (χ1) is 9.16. The van der Waals surface area contributed by atoms with Gasteiger partial charge in [0.2, 0.25) is 5.91 Å². The average molecular weight is 282 g/mol. The Labute approximate surface area is 118 Å². The van der Waals surface area contributed by atoms with Crippen molar-refractivity contribution < 1.29 is 9.53 Å². The lowest BCUT2D eigenvalue weighted by atomic mass is 10.1. The predicted molar refractivity (Wildman–Crippen MR) is 76.5 cm³/mol. The van der Waals surface area contributed by atoms with Gasteiger partial charge in [-0.3, -0.25) is 4.79 Å². The quantitative estimate of drug-likeness (QED) is 0.902. The molecule has 1 aromatic rings. The zero-order chi connectivity index (χ0) is 13.7. The Morgan fingerprint density at radius 1 is 1.58 bits per heavy atom. The predicted octanol–water partition coefficient (Wildman–Crippen LogP) is 2.49. The summed E-state index contributed by atoms with van der Waals surface area (Å²) in [5, 5.41) is 6.14. The fourth-order valence-electron chi connectivity index (χ4n) is 2.06. The maximum absolute atomic E-state index is 11.8. The topological polar surface area (TPSA) is 51.2 Å². The third kappa shape index (κ3) is 4.28. The number of amides is 1. The number of hydrogen-bond acceptors (Lipinski definition) is 4. The van der Waals surface area contributed by atoms with E-state index >= 15 is 0 Å². The van der Waals surface area contributed by atoms with Crippen LogP contribution >= 0.6 is 11.3 Å². The van der Waals surface area contributed by atoms with Gasteiger partial charge in [0.05, 0.1) is 10.7 Å². The number of ether oxygens (including phenoxy) is 1. The molecule has 0 aromatic carbocycles. The lowest BCUT2D eigenvalue weighted by Gasteiger charge is -2.21. The highest BCUT2D eigenvalue weighted by atomic mass is 32.1. The van der Waals surface area contributed by atoms with Crippen molar-refractivity contribution in [2.24, 2.45) is 0 Å². The molecule has 1 aliphatic rings. The molecule has 19 heavy (non-hydrogen) atoms. The summed E-state index contributed by atoms with van der Waals surface area (Å²) in [4.78, 5) is 16.4. The van der Waals surface area contributed by atoms with E-state index in [2.05, 4.69) is 29.5 Å². The van der Waals surface area contributed by atoms with Crippen LogP contribution in [0.15, 0.2) is 5.38 Å². The van der Waals surface area contributed by atoms with Crippen LogP contribution in [0.5, 0.6) is 0 Å². The second-order valence-electron chi connectivity index (χ2n) is 5.22. The molecule has 4 nitrogen and oxygen atoms in total. The third-order valence-corrected chi connectivity index (χ3v) is 4.20. The van der Waals surface area contributed by atoms with Crippen LogP contribution in [0, 0.1) is 0 Å². The number of nitrogens with one attached hydrogen (secondary N) is 1. The molecular weight excluding hydrogens is 260 g/mol. The minimum Gasteiger partial charge on any atom is -0.368 e. The summed E-state index contributed by atoms with van der Waals surface area (Å²) in [6, 6.07) is 0. The fourth-order valence-corrected chi connectivity index (χ4v) is 3.02. The normalized spacial score (nSPS) is 19.6. The molecule has 106 valence electrons. The molecule has 1 unspecified atom stereocenters. The van der Waals surface area contributed by atoms with E-state index in [0.29, 0.717) is 19.1 Å². The Morgan fingerprint density at radius 3 is 3.05 bits per heavy atom. The number of thiazole rings is 1. The van der Waals surface area contributed by atoms with Crippen molar-refractivity contribution in [3.05, 3.63) is 16.1 Å². The highest BCUT2D eigenvalue weighted by Gasteiger charge is 2.21. The minimum absolute atomic E-state index is 0.0281. The van der Waals surface area contributed by atoms with Gasteiger partial charge in [0.1, 0.15) is 6.10 Å². The van der Waals surface area contributed by atoms with Crippen molar-refractivity contribution in [1.82, 2.24) is 10.3 Å². The highest BCUT2D eigenvalue weighted by molar-refractivity contribution is 7.09. The number of nitrogens with zero attached hydrogens (tertiary/aromatic N) is 1. The Balaban J connectivity index is 1.71. The first-order valence-corrected chi connectivity index (χ1v) is 7.88. The highest BCUT2D eigenvalue weighted by Crippen LogP contribution is 2.18. The van der Waals surface area contributed by atoms with Crippen LogP contribution < -0.4 is 5.32 Å². The molecule has 1 N–H and O–H groups in total. The molecule has 0 saturated carbocycles. The van der Waals surface area contributed by atoms with Crippen LogP contribution in [0.1, 0.15) is 49.7 Å². The molecule has 0 radical (unpaired) electrons. The van der Waals surface area contributed by atoms with Crippen LogP contribution in [-0.2, 0) is 16.0 Å². The van der Waals surface area contributed by atoms with E-state index in [1.54, 1.807) is 11.3 Å².